The second-order valence-corrected chi connectivity index (χ2v) is 7.52. The molecular weight excluding hydrogens is 316 g/mol. The van der Waals surface area contributed by atoms with E-state index in [0.29, 0.717) is 23.2 Å². The molecule has 0 atom stereocenters. The zero-order valence-electron chi connectivity index (χ0n) is 14.0. The number of hydrogen-bond donors (Lipinski definition) is 0. The number of nitrogens with zero attached hydrogens (tertiary/aromatic N) is 2. The van der Waals surface area contributed by atoms with Crippen molar-refractivity contribution >= 4 is 17.6 Å². The fourth-order valence-electron chi connectivity index (χ4n) is 1.94. The van der Waals surface area contributed by atoms with Gasteiger partial charge in [-0.1, -0.05) is 28.9 Å². The Labute approximate surface area is 141 Å². The van der Waals surface area contributed by atoms with Crippen LogP contribution < -0.4 is 0 Å². The van der Waals surface area contributed by atoms with E-state index in [2.05, 4.69) is 10.1 Å². The predicted molar refractivity (Wildman–Crippen MR) is 88.1 cm³/mol. The minimum atomic E-state index is -0.759. The van der Waals surface area contributed by atoms with Gasteiger partial charge < -0.3 is 9.26 Å². The third kappa shape index (κ3) is 4.79. The normalized spacial score (nSPS) is 12.3. The second-order valence-electron chi connectivity index (χ2n) is 7.08. The van der Waals surface area contributed by atoms with Crippen molar-refractivity contribution in [3.63, 3.8) is 0 Å². The topological polar surface area (TPSA) is 65.2 Å². The minimum absolute atomic E-state index is 0.299. The first-order valence-electron chi connectivity index (χ1n) is 7.39. The molecule has 5 nitrogen and oxygen atoms in total. The summed E-state index contributed by atoms with van der Waals surface area (Å²) in [4.78, 5) is 16.6. The standard InChI is InChI=1S/C17H21ClN2O3/c1-16(2,3)22-15(21)17(4,5)10-13-19-14(20-23-13)11-7-6-8-12(18)9-11/h6-9H,10H2,1-5H3. The van der Waals surface area contributed by atoms with Gasteiger partial charge in [-0.25, -0.2) is 0 Å². The Bertz CT molecular complexity index is 702. The van der Waals surface area contributed by atoms with Gasteiger partial charge in [-0.15, -0.1) is 0 Å². The summed E-state index contributed by atoms with van der Waals surface area (Å²) in [6.45, 7) is 9.11. The van der Waals surface area contributed by atoms with Gasteiger partial charge >= 0.3 is 5.97 Å². The van der Waals surface area contributed by atoms with E-state index < -0.39 is 11.0 Å². The number of carbonyl (C=O) groups is 1. The molecule has 0 bridgehead atoms. The number of esters is 1. The lowest BCUT2D eigenvalue weighted by Crippen LogP contribution is -2.35. The first-order chi connectivity index (χ1) is 10.6. The summed E-state index contributed by atoms with van der Waals surface area (Å²) in [6, 6.07) is 7.20. The van der Waals surface area contributed by atoms with Crippen LogP contribution >= 0.6 is 11.6 Å². The maximum Gasteiger partial charge on any atom is 0.312 e. The molecule has 6 heteroatoms. The highest BCUT2D eigenvalue weighted by molar-refractivity contribution is 6.30. The summed E-state index contributed by atoms with van der Waals surface area (Å²) in [7, 11) is 0. The molecule has 0 aliphatic heterocycles. The number of rotatable bonds is 4. The Morgan fingerprint density at radius 3 is 2.57 bits per heavy atom. The van der Waals surface area contributed by atoms with Gasteiger partial charge in [0.15, 0.2) is 0 Å². The van der Waals surface area contributed by atoms with E-state index in [1.165, 1.54) is 0 Å². The number of hydrogen-bond acceptors (Lipinski definition) is 5. The Hall–Kier alpha value is -1.88. The van der Waals surface area contributed by atoms with Crippen molar-refractivity contribution in [1.29, 1.82) is 0 Å². The van der Waals surface area contributed by atoms with E-state index in [1.54, 1.807) is 26.0 Å². The molecule has 23 heavy (non-hydrogen) atoms. The number of aromatic nitrogens is 2. The molecule has 2 aromatic rings. The third-order valence-corrected chi connectivity index (χ3v) is 3.33. The molecule has 0 fully saturated rings. The quantitative estimate of drug-likeness (QED) is 0.779. The van der Waals surface area contributed by atoms with Gasteiger partial charge in [-0.2, -0.15) is 4.98 Å². The van der Waals surface area contributed by atoms with Gasteiger partial charge in [0.05, 0.1) is 5.41 Å². The molecule has 1 aromatic carbocycles. The van der Waals surface area contributed by atoms with E-state index in [1.807, 2.05) is 32.9 Å². The first-order valence-corrected chi connectivity index (χ1v) is 7.77. The van der Waals surface area contributed by atoms with Crippen molar-refractivity contribution in [3.8, 4) is 11.4 Å². The van der Waals surface area contributed by atoms with E-state index >= 15 is 0 Å². The van der Waals surface area contributed by atoms with Crippen molar-refractivity contribution in [2.24, 2.45) is 5.41 Å². The maximum atomic E-state index is 12.3. The lowest BCUT2D eigenvalue weighted by atomic mass is 9.89. The van der Waals surface area contributed by atoms with Crippen LogP contribution in [0.3, 0.4) is 0 Å². The summed E-state index contributed by atoms with van der Waals surface area (Å²) in [5.74, 6) is 0.533. The van der Waals surface area contributed by atoms with Gasteiger partial charge in [-0.05, 0) is 46.8 Å². The number of ether oxygens (including phenoxy) is 1. The Kier molecular flexibility index (Phi) is 4.80. The second kappa shape index (κ2) is 6.32. The van der Waals surface area contributed by atoms with Crippen LogP contribution in [-0.2, 0) is 16.0 Å². The molecule has 0 aliphatic rings. The Morgan fingerprint density at radius 1 is 1.26 bits per heavy atom. The number of benzene rings is 1. The molecule has 0 radical (unpaired) electrons. The van der Waals surface area contributed by atoms with E-state index in [4.69, 9.17) is 20.9 Å². The number of carbonyl (C=O) groups excluding carboxylic acids is 1. The van der Waals surface area contributed by atoms with Crippen LogP contribution in [0.1, 0.15) is 40.5 Å². The summed E-state index contributed by atoms with van der Waals surface area (Å²) >= 11 is 5.96. The van der Waals surface area contributed by atoms with Crippen molar-refractivity contribution in [2.45, 2.75) is 46.6 Å². The molecule has 0 unspecified atom stereocenters. The molecule has 2 rings (SSSR count). The fourth-order valence-corrected chi connectivity index (χ4v) is 2.13. The molecule has 0 N–H and O–H groups in total. The van der Waals surface area contributed by atoms with Crippen LogP contribution in [0.2, 0.25) is 5.02 Å². The van der Waals surface area contributed by atoms with Crippen molar-refractivity contribution < 1.29 is 14.1 Å². The lowest BCUT2D eigenvalue weighted by Gasteiger charge is -2.27. The minimum Gasteiger partial charge on any atom is -0.460 e. The van der Waals surface area contributed by atoms with Crippen LogP contribution in [0.4, 0.5) is 0 Å². The zero-order chi connectivity index (χ0) is 17.3. The summed E-state index contributed by atoms with van der Waals surface area (Å²) in [6.07, 6.45) is 0.301. The average molecular weight is 337 g/mol. The lowest BCUT2D eigenvalue weighted by molar-refractivity contribution is -0.165. The molecule has 1 aromatic heterocycles. The molecule has 0 spiro atoms. The predicted octanol–water partition coefficient (Wildman–Crippen LogP) is 4.30. The zero-order valence-corrected chi connectivity index (χ0v) is 14.8. The van der Waals surface area contributed by atoms with Gasteiger partial charge in [0.1, 0.15) is 5.60 Å². The van der Waals surface area contributed by atoms with Crippen molar-refractivity contribution in [3.05, 3.63) is 35.2 Å². The van der Waals surface area contributed by atoms with Gasteiger partial charge in [0.2, 0.25) is 11.7 Å². The van der Waals surface area contributed by atoms with E-state index in [9.17, 15) is 4.79 Å². The van der Waals surface area contributed by atoms with Gasteiger partial charge in [-0.3, -0.25) is 4.79 Å². The summed E-state index contributed by atoms with van der Waals surface area (Å²) in [5.41, 5.74) is -0.525. The molecule has 0 aliphatic carbocycles. The highest BCUT2D eigenvalue weighted by atomic mass is 35.5. The van der Waals surface area contributed by atoms with Crippen LogP contribution in [0.5, 0.6) is 0 Å². The fraction of sp³-hybridized carbons (Fsp3) is 0.471. The molecule has 124 valence electrons. The molecule has 0 saturated carbocycles. The molecular formula is C17H21ClN2O3. The Morgan fingerprint density at radius 2 is 1.96 bits per heavy atom. The highest BCUT2D eigenvalue weighted by Gasteiger charge is 2.34. The van der Waals surface area contributed by atoms with Crippen molar-refractivity contribution in [2.75, 3.05) is 0 Å². The molecule has 1 heterocycles. The first kappa shape index (κ1) is 17.5. The van der Waals surface area contributed by atoms with Crippen LogP contribution in [0.25, 0.3) is 11.4 Å². The van der Waals surface area contributed by atoms with Crippen LogP contribution in [0.15, 0.2) is 28.8 Å². The Balaban J connectivity index is 2.13. The smallest absolute Gasteiger partial charge is 0.312 e. The van der Waals surface area contributed by atoms with Gasteiger partial charge in [0, 0.05) is 17.0 Å². The third-order valence-electron chi connectivity index (χ3n) is 3.10. The van der Waals surface area contributed by atoms with E-state index in [-0.39, 0.29) is 5.97 Å². The molecule has 0 saturated heterocycles. The highest BCUT2D eigenvalue weighted by Crippen LogP contribution is 2.27. The molecule has 0 amide bonds. The van der Waals surface area contributed by atoms with Crippen LogP contribution in [0, 0.1) is 5.41 Å². The van der Waals surface area contributed by atoms with Gasteiger partial charge in [0.25, 0.3) is 0 Å². The number of halogens is 1. The van der Waals surface area contributed by atoms with Crippen molar-refractivity contribution in [1.82, 2.24) is 10.1 Å². The van der Waals surface area contributed by atoms with Crippen LogP contribution in [-0.4, -0.2) is 21.7 Å². The SMILES string of the molecule is CC(C)(C)OC(=O)C(C)(C)Cc1nc(-c2cccc(Cl)c2)no1. The van der Waals surface area contributed by atoms with E-state index in [0.717, 1.165) is 5.56 Å². The largest absolute Gasteiger partial charge is 0.460 e. The summed E-state index contributed by atoms with van der Waals surface area (Å²) < 4.78 is 10.7. The monoisotopic (exact) mass is 336 g/mol. The summed E-state index contributed by atoms with van der Waals surface area (Å²) in [5, 5.41) is 4.55. The maximum absolute atomic E-state index is 12.3. The average Bonchev–Trinajstić information content (AvgIpc) is 2.84.